The van der Waals surface area contributed by atoms with Gasteiger partial charge in [-0.25, -0.2) is 0 Å². The number of carbonyl (C=O) groups excluding carboxylic acids is 1. The van der Waals surface area contributed by atoms with Crippen LogP contribution in [-0.4, -0.2) is 26.4 Å². The van der Waals surface area contributed by atoms with Crippen molar-refractivity contribution in [2.24, 2.45) is 0 Å². The van der Waals surface area contributed by atoms with Crippen LogP contribution in [0.2, 0.25) is 0 Å². The fourth-order valence-electron chi connectivity index (χ4n) is 3.64. The van der Waals surface area contributed by atoms with Crippen LogP contribution >= 0.6 is 11.8 Å². The molecule has 0 fully saturated rings. The molecule has 6 nitrogen and oxygen atoms in total. The third kappa shape index (κ3) is 4.39. The van der Waals surface area contributed by atoms with Crippen LogP contribution in [0.4, 0.5) is 5.69 Å². The zero-order chi connectivity index (χ0) is 22.5. The number of anilines is 1. The van der Waals surface area contributed by atoms with Crippen LogP contribution in [0.3, 0.4) is 0 Å². The highest BCUT2D eigenvalue weighted by Gasteiger charge is 2.35. The number of benzene rings is 2. The van der Waals surface area contributed by atoms with Crippen LogP contribution in [0, 0.1) is 18.3 Å². The van der Waals surface area contributed by atoms with Crippen LogP contribution in [0.25, 0.3) is 0 Å². The molecule has 1 heterocycles. The number of ether oxygens (including phenoxy) is 2. The van der Waals surface area contributed by atoms with Crippen LogP contribution in [0.1, 0.15) is 24.0 Å². The molecular formula is C24H25N3O3S. The fraction of sp³-hybridized carbons (Fsp3) is 0.250. The number of rotatable bonds is 6. The first-order valence-electron chi connectivity index (χ1n) is 9.70. The first-order chi connectivity index (χ1) is 14.9. The molecule has 0 saturated heterocycles. The topological polar surface area (TPSA) is 83.4 Å². The lowest BCUT2D eigenvalue weighted by molar-refractivity contribution is -0.113. The van der Waals surface area contributed by atoms with Gasteiger partial charge in [0, 0.05) is 17.0 Å². The molecule has 2 aromatic rings. The van der Waals surface area contributed by atoms with Gasteiger partial charge in [-0.1, -0.05) is 24.3 Å². The molecular weight excluding hydrogens is 410 g/mol. The van der Waals surface area contributed by atoms with Gasteiger partial charge in [0.25, 0.3) is 5.91 Å². The molecule has 0 bridgehead atoms. The summed E-state index contributed by atoms with van der Waals surface area (Å²) < 4.78 is 10.8. The summed E-state index contributed by atoms with van der Waals surface area (Å²) >= 11 is 1.44. The van der Waals surface area contributed by atoms with Crippen molar-refractivity contribution >= 4 is 23.4 Å². The van der Waals surface area contributed by atoms with E-state index in [9.17, 15) is 10.1 Å². The van der Waals surface area contributed by atoms with E-state index in [1.807, 2.05) is 56.5 Å². The second kappa shape index (κ2) is 9.63. The molecule has 1 aliphatic rings. The number of allylic oxidation sites excluding steroid dienone is 2. The minimum absolute atomic E-state index is 0.257. The van der Waals surface area contributed by atoms with E-state index < -0.39 is 5.92 Å². The van der Waals surface area contributed by atoms with Gasteiger partial charge in [-0.15, -0.1) is 11.8 Å². The molecule has 1 amide bonds. The minimum atomic E-state index is -0.544. The van der Waals surface area contributed by atoms with Gasteiger partial charge >= 0.3 is 0 Å². The Balaban J connectivity index is 2.13. The first kappa shape index (κ1) is 22.3. The molecule has 0 saturated carbocycles. The van der Waals surface area contributed by atoms with E-state index in [1.54, 1.807) is 20.3 Å². The second-order valence-corrected chi connectivity index (χ2v) is 7.86. The van der Waals surface area contributed by atoms with Gasteiger partial charge in [0.2, 0.25) is 0 Å². The largest absolute Gasteiger partial charge is 0.493 e. The van der Waals surface area contributed by atoms with Crippen LogP contribution < -0.4 is 20.1 Å². The molecule has 31 heavy (non-hydrogen) atoms. The normalized spacial score (nSPS) is 15.8. The molecule has 0 radical (unpaired) electrons. The lowest BCUT2D eigenvalue weighted by Gasteiger charge is -2.30. The summed E-state index contributed by atoms with van der Waals surface area (Å²) in [5.74, 6) is 0.321. The lowest BCUT2D eigenvalue weighted by Crippen LogP contribution is -2.30. The first-order valence-corrected chi connectivity index (χ1v) is 10.9. The van der Waals surface area contributed by atoms with Crippen molar-refractivity contribution in [3.8, 4) is 17.6 Å². The van der Waals surface area contributed by atoms with Crippen LogP contribution in [0.15, 0.2) is 64.3 Å². The van der Waals surface area contributed by atoms with E-state index in [4.69, 9.17) is 9.47 Å². The third-order valence-electron chi connectivity index (χ3n) is 5.23. The number of nitrogens with one attached hydrogen (secondary N) is 2. The maximum atomic E-state index is 13.4. The molecule has 2 aromatic carbocycles. The Hall–Kier alpha value is -3.37. The number of nitrogens with zero attached hydrogens (tertiary/aromatic N) is 1. The highest BCUT2D eigenvalue weighted by Crippen LogP contribution is 2.42. The van der Waals surface area contributed by atoms with Gasteiger partial charge in [-0.2, -0.15) is 5.26 Å². The van der Waals surface area contributed by atoms with Gasteiger partial charge in [-0.05, 0) is 49.4 Å². The van der Waals surface area contributed by atoms with Gasteiger partial charge in [0.1, 0.15) is 0 Å². The summed E-state index contributed by atoms with van der Waals surface area (Å²) in [7, 11) is 3.13. The van der Waals surface area contributed by atoms with E-state index in [1.165, 1.54) is 11.8 Å². The van der Waals surface area contributed by atoms with Crippen molar-refractivity contribution in [3.05, 3.63) is 75.5 Å². The van der Waals surface area contributed by atoms with Gasteiger partial charge in [0.15, 0.2) is 11.5 Å². The summed E-state index contributed by atoms with van der Waals surface area (Å²) in [6, 6.07) is 15.4. The Kier molecular flexibility index (Phi) is 6.93. The average molecular weight is 436 g/mol. The number of nitriles is 1. The smallest absolute Gasteiger partial charge is 0.254 e. The summed E-state index contributed by atoms with van der Waals surface area (Å²) in [5, 5.41) is 17.0. The number of hydrogen-bond donors (Lipinski definition) is 2. The molecule has 2 N–H and O–H groups in total. The standard InChI is InChI=1S/C24H25N3O3S/c1-14-8-6-7-9-18(14)27-23(28)21-15(2)26-24(31-5)17(13-25)22(21)16-10-11-19(29-3)20(12-16)30-4/h6-12,22,26H,1-5H3,(H,27,28)/t22-/m0/s1. The minimum Gasteiger partial charge on any atom is -0.493 e. The molecule has 3 rings (SSSR count). The second-order valence-electron chi connectivity index (χ2n) is 7.04. The highest BCUT2D eigenvalue weighted by atomic mass is 32.2. The molecule has 0 unspecified atom stereocenters. The number of aryl methyl sites for hydroxylation is 1. The Morgan fingerprint density at radius 1 is 1.13 bits per heavy atom. The molecule has 7 heteroatoms. The third-order valence-corrected chi connectivity index (χ3v) is 5.96. The van der Waals surface area contributed by atoms with Crippen molar-refractivity contribution < 1.29 is 14.3 Å². The number of thioether (sulfide) groups is 1. The Labute approximate surface area is 186 Å². The van der Waals surface area contributed by atoms with Gasteiger partial charge < -0.3 is 20.1 Å². The maximum absolute atomic E-state index is 13.4. The highest BCUT2D eigenvalue weighted by molar-refractivity contribution is 8.02. The average Bonchev–Trinajstić information content (AvgIpc) is 2.79. The van der Waals surface area contributed by atoms with E-state index in [0.29, 0.717) is 28.3 Å². The molecule has 0 aromatic heterocycles. The SMILES string of the molecule is COc1ccc([C@H]2C(C#N)=C(SC)NC(C)=C2C(=O)Nc2ccccc2C)cc1OC. The number of amides is 1. The zero-order valence-electron chi connectivity index (χ0n) is 18.2. The maximum Gasteiger partial charge on any atom is 0.254 e. The van der Waals surface area contributed by atoms with Crippen molar-refractivity contribution in [3.63, 3.8) is 0 Å². The monoisotopic (exact) mass is 435 g/mol. The quantitative estimate of drug-likeness (QED) is 0.684. The van der Waals surface area contributed by atoms with Crippen LogP contribution in [0.5, 0.6) is 11.5 Å². The molecule has 1 atom stereocenters. The van der Waals surface area contributed by atoms with E-state index >= 15 is 0 Å². The van der Waals surface area contributed by atoms with E-state index in [0.717, 1.165) is 21.8 Å². The predicted octanol–water partition coefficient (Wildman–Crippen LogP) is 4.71. The Morgan fingerprint density at radius 3 is 2.45 bits per heavy atom. The van der Waals surface area contributed by atoms with Crippen molar-refractivity contribution in [2.75, 3.05) is 25.8 Å². The Morgan fingerprint density at radius 2 is 1.84 bits per heavy atom. The molecule has 160 valence electrons. The predicted molar refractivity (Wildman–Crippen MR) is 124 cm³/mol. The molecule has 0 aliphatic carbocycles. The number of dihydropyridines is 1. The summed E-state index contributed by atoms with van der Waals surface area (Å²) in [4.78, 5) is 13.4. The van der Waals surface area contributed by atoms with E-state index in [2.05, 4.69) is 16.7 Å². The number of carbonyl (C=O) groups is 1. The lowest BCUT2D eigenvalue weighted by atomic mass is 9.82. The summed E-state index contributed by atoms with van der Waals surface area (Å²) in [5.41, 5.74) is 4.15. The van der Waals surface area contributed by atoms with Gasteiger partial charge in [0.05, 0.1) is 36.8 Å². The number of hydrogen-bond acceptors (Lipinski definition) is 6. The van der Waals surface area contributed by atoms with Crippen molar-refractivity contribution in [1.29, 1.82) is 5.26 Å². The summed E-state index contributed by atoms with van der Waals surface area (Å²) in [6.07, 6.45) is 1.90. The van der Waals surface area contributed by atoms with Crippen molar-refractivity contribution in [2.45, 2.75) is 19.8 Å². The zero-order valence-corrected chi connectivity index (χ0v) is 19.0. The summed E-state index contributed by atoms with van der Waals surface area (Å²) in [6.45, 7) is 3.79. The van der Waals surface area contributed by atoms with Gasteiger partial charge in [-0.3, -0.25) is 4.79 Å². The molecule has 1 aliphatic heterocycles. The molecule has 0 spiro atoms. The van der Waals surface area contributed by atoms with Crippen LogP contribution in [-0.2, 0) is 4.79 Å². The fourth-order valence-corrected chi connectivity index (χ4v) is 4.28. The number of methoxy groups -OCH3 is 2. The number of para-hydroxylation sites is 1. The Bertz CT molecular complexity index is 1120. The van der Waals surface area contributed by atoms with Crippen molar-refractivity contribution in [1.82, 2.24) is 5.32 Å². The van der Waals surface area contributed by atoms with E-state index in [-0.39, 0.29) is 5.91 Å².